The molecule has 0 aliphatic carbocycles. The van der Waals surface area contributed by atoms with Gasteiger partial charge in [-0.25, -0.2) is 0 Å². The van der Waals surface area contributed by atoms with Gasteiger partial charge in [-0.05, 0) is 20.0 Å². The molecule has 0 aromatic carbocycles. The van der Waals surface area contributed by atoms with Gasteiger partial charge in [0.05, 0.1) is 25.2 Å². The highest BCUT2D eigenvalue weighted by Gasteiger charge is 2.36. The van der Waals surface area contributed by atoms with E-state index in [2.05, 4.69) is 6.07 Å². The smallest absolute Gasteiger partial charge is 0.310 e. The number of hydrogen-bond donors (Lipinski definition) is 1. The molecule has 2 atom stereocenters. The van der Waals surface area contributed by atoms with Crippen LogP contribution in [0.4, 0.5) is 0 Å². The topological polar surface area (TPSA) is 73.6 Å². The molecule has 0 aromatic rings. The summed E-state index contributed by atoms with van der Waals surface area (Å²) >= 11 is 0. The molecule has 0 aromatic heterocycles. The Bertz CT molecular complexity index is 262. The van der Waals surface area contributed by atoms with Crippen molar-refractivity contribution in [2.75, 3.05) is 26.8 Å². The van der Waals surface area contributed by atoms with Crippen LogP contribution in [-0.2, 0) is 9.53 Å². The summed E-state index contributed by atoms with van der Waals surface area (Å²) in [6, 6.07) is 2.02. The molecule has 5 heteroatoms. The predicted octanol–water partition coefficient (Wildman–Crippen LogP) is 0.322. The molecule has 0 radical (unpaired) electrons. The number of carboxylic acids is 1. The summed E-state index contributed by atoms with van der Waals surface area (Å²) in [6.45, 7) is 1.51. The summed E-state index contributed by atoms with van der Waals surface area (Å²) in [5.74, 6) is -1.23. The molecular formula is C10H16N2O3. The molecule has 0 bridgehead atoms. The summed E-state index contributed by atoms with van der Waals surface area (Å²) in [5, 5.41) is 17.3. The van der Waals surface area contributed by atoms with Gasteiger partial charge in [-0.2, -0.15) is 5.26 Å². The fourth-order valence-corrected chi connectivity index (χ4v) is 1.79. The zero-order valence-electron chi connectivity index (χ0n) is 8.85. The summed E-state index contributed by atoms with van der Waals surface area (Å²) in [7, 11) is 1.88. The van der Waals surface area contributed by atoms with Crippen LogP contribution in [0.1, 0.15) is 12.8 Å². The van der Waals surface area contributed by atoms with Gasteiger partial charge in [-0.3, -0.25) is 4.79 Å². The van der Waals surface area contributed by atoms with E-state index in [0.29, 0.717) is 19.6 Å². The highest BCUT2D eigenvalue weighted by Crippen LogP contribution is 2.19. The van der Waals surface area contributed by atoms with E-state index in [9.17, 15) is 4.79 Å². The number of nitrogens with zero attached hydrogens (tertiary/aromatic N) is 2. The summed E-state index contributed by atoms with van der Waals surface area (Å²) in [5.41, 5.74) is 0. The maximum atomic E-state index is 10.9. The minimum Gasteiger partial charge on any atom is -0.481 e. The van der Waals surface area contributed by atoms with Gasteiger partial charge in [-0.1, -0.05) is 0 Å². The van der Waals surface area contributed by atoms with Crippen LogP contribution >= 0.6 is 0 Å². The molecule has 1 aliphatic heterocycles. The quantitative estimate of drug-likeness (QED) is 0.664. The lowest BCUT2D eigenvalue weighted by Crippen LogP contribution is -2.41. The number of aliphatic carboxylic acids is 1. The second-order valence-corrected chi connectivity index (χ2v) is 3.79. The Morgan fingerprint density at radius 2 is 2.40 bits per heavy atom. The monoisotopic (exact) mass is 212 g/mol. The van der Waals surface area contributed by atoms with Crippen LogP contribution in [0, 0.1) is 17.2 Å². The molecule has 1 fully saturated rings. The van der Waals surface area contributed by atoms with Gasteiger partial charge in [0.1, 0.15) is 0 Å². The van der Waals surface area contributed by atoms with E-state index in [1.165, 1.54) is 0 Å². The average molecular weight is 212 g/mol. The molecule has 84 valence electrons. The molecule has 1 heterocycles. The standard InChI is InChI=1S/C10H16N2O3/c1-12(5-3-2-4-11)9-7-15-6-8(9)10(13)14/h8-9H,2-3,5-7H2,1H3,(H,13,14). The zero-order chi connectivity index (χ0) is 11.3. The van der Waals surface area contributed by atoms with Crippen molar-refractivity contribution in [3.8, 4) is 6.07 Å². The number of carbonyl (C=O) groups is 1. The number of nitriles is 1. The van der Waals surface area contributed by atoms with Crippen LogP contribution in [0.5, 0.6) is 0 Å². The fourth-order valence-electron chi connectivity index (χ4n) is 1.79. The van der Waals surface area contributed by atoms with Gasteiger partial charge in [0.25, 0.3) is 0 Å². The Morgan fingerprint density at radius 1 is 1.67 bits per heavy atom. The molecule has 2 unspecified atom stereocenters. The minimum absolute atomic E-state index is 0.0545. The first-order chi connectivity index (χ1) is 7.16. The number of ether oxygens (including phenoxy) is 1. The summed E-state index contributed by atoms with van der Waals surface area (Å²) in [6.07, 6.45) is 1.28. The van der Waals surface area contributed by atoms with Gasteiger partial charge in [0.15, 0.2) is 0 Å². The predicted molar refractivity (Wildman–Crippen MR) is 53.2 cm³/mol. The lowest BCUT2D eigenvalue weighted by Gasteiger charge is -2.25. The maximum absolute atomic E-state index is 10.9. The third kappa shape index (κ3) is 3.18. The molecule has 0 saturated carbocycles. The van der Waals surface area contributed by atoms with Gasteiger partial charge in [0.2, 0.25) is 0 Å². The third-order valence-corrected chi connectivity index (χ3v) is 2.73. The van der Waals surface area contributed by atoms with Gasteiger partial charge < -0.3 is 14.7 Å². The molecule has 0 spiro atoms. The molecule has 0 amide bonds. The van der Waals surface area contributed by atoms with E-state index in [1.54, 1.807) is 0 Å². The largest absolute Gasteiger partial charge is 0.481 e. The Balaban J connectivity index is 2.41. The van der Waals surface area contributed by atoms with Crippen LogP contribution in [0.2, 0.25) is 0 Å². The molecule has 1 saturated heterocycles. The van der Waals surface area contributed by atoms with Gasteiger partial charge in [0, 0.05) is 12.5 Å². The number of hydrogen-bond acceptors (Lipinski definition) is 4. The van der Waals surface area contributed by atoms with E-state index in [4.69, 9.17) is 15.1 Å². The van der Waals surface area contributed by atoms with Crippen LogP contribution in [0.25, 0.3) is 0 Å². The van der Waals surface area contributed by atoms with Crippen molar-refractivity contribution in [2.45, 2.75) is 18.9 Å². The highest BCUT2D eigenvalue weighted by atomic mass is 16.5. The first-order valence-corrected chi connectivity index (χ1v) is 5.04. The Kier molecular flexibility index (Phi) is 4.53. The van der Waals surface area contributed by atoms with Crippen molar-refractivity contribution >= 4 is 5.97 Å². The van der Waals surface area contributed by atoms with Crippen molar-refractivity contribution < 1.29 is 14.6 Å². The van der Waals surface area contributed by atoms with E-state index in [-0.39, 0.29) is 6.04 Å². The summed E-state index contributed by atoms with van der Waals surface area (Å²) < 4.78 is 5.17. The number of likely N-dealkylation sites (N-methyl/N-ethyl adjacent to an activating group) is 1. The lowest BCUT2D eigenvalue weighted by molar-refractivity contribution is -0.143. The molecular weight excluding hydrogens is 196 g/mol. The second-order valence-electron chi connectivity index (χ2n) is 3.79. The molecule has 1 rings (SSSR count). The number of unbranched alkanes of at least 4 members (excludes halogenated alkanes) is 1. The van der Waals surface area contributed by atoms with Gasteiger partial charge >= 0.3 is 5.97 Å². The number of carboxylic acid groups (broad SMARTS) is 1. The normalized spacial score (nSPS) is 25.4. The number of rotatable bonds is 5. The van der Waals surface area contributed by atoms with Crippen molar-refractivity contribution in [1.82, 2.24) is 4.90 Å². The van der Waals surface area contributed by atoms with Gasteiger partial charge in [-0.15, -0.1) is 0 Å². The van der Waals surface area contributed by atoms with Crippen LogP contribution < -0.4 is 0 Å². The lowest BCUT2D eigenvalue weighted by atomic mass is 10.0. The van der Waals surface area contributed by atoms with Crippen molar-refractivity contribution in [3.63, 3.8) is 0 Å². The first-order valence-electron chi connectivity index (χ1n) is 5.04. The molecule has 5 nitrogen and oxygen atoms in total. The van der Waals surface area contributed by atoms with E-state index < -0.39 is 11.9 Å². The molecule has 1 aliphatic rings. The van der Waals surface area contributed by atoms with Crippen molar-refractivity contribution in [3.05, 3.63) is 0 Å². The van der Waals surface area contributed by atoms with E-state index in [1.807, 2.05) is 11.9 Å². The van der Waals surface area contributed by atoms with Crippen LogP contribution in [-0.4, -0.2) is 48.8 Å². The Morgan fingerprint density at radius 3 is 3.00 bits per heavy atom. The van der Waals surface area contributed by atoms with E-state index in [0.717, 1.165) is 13.0 Å². The minimum atomic E-state index is -0.801. The molecule has 15 heavy (non-hydrogen) atoms. The summed E-state index contributed by atoms with van der Waals surface area (Å²) in [4.78, 5) is 12.9. The zero-order valence-corrected chi connectivity index (χ0v) is 8.85. The maximum Gasteiger partial charge on any atom is 0.310 e. The van der Waals surface area contributed by atoms with Crippen molar-refractivity contribution in [1.29, 1.82) is 5.26 Å². The van der Waals surface area contributed by atoms with Crippen molar-refractivity contribution in [2.24, 2.45) is 5.92 Å². The Labute approximate surface area is 89.2 Å². The SMILES string of the molecule is CN(CCCC#N)C1COCC1C(=O)O. The highest BCUT2D eigenvalue weighted by molar-refractivity contribution is 5.71. The Hall–Kier alpha value is -1.12. The van der Waals surface area contributed by atoms with E-state index >= 15 is 0 Å². The fraction of sp³-hybridized carbons (Fsp3) is 0.800. The second kappa shape index (κ2) is 5.69. The average Bonchev–Trinajstić information content (AvgIpc) is 2.66. The molecule has 1 N–H and O–H groups in total. The first kappa shape index (κ1) is 12.0. The third-order valence-electron chi connectivity index (χ3n) is 2.73. The van der Waals surface area contributed by atoms with Crippen LogP contribution in [0.3, 0.4) is 0 Å². The van der Waals surface area contributed by atoms with Crippen LogP contribution in [0.15, 0.2) is 0 Å².